The summed E-state index contributed by atoms with van der Waals surface area (Å²) in [7, 11) is 0. The van der Waals surface area contributed by atoms with Gasteiger partial charge in [0.2, 0.25) is 11.8 Å². The van der Waals surface area contributed by atoms with Gasteiger partial charge in [-0.25, -0.2) is 0 Å². The van der Waals surface area contributed by atoms with Crippen LogP contribution in [0.5, 0.6) is 0 Å². The van der Waals surface area contributed by atoms with Gasteiger partial charge in [-0.3, -0.25) is 9.59 Å². The molecule has 0 saturated heterocycles. The van der Waals surface area contributed by atoms with Crippen LogP contribution in [0, 0.1) is 0 Å². The second-order valence-corrected chi connectivity index (χ2v) is 6.78. The molecule has 0 saturated carbocycles. The summed E-state index contributed by atoms with van der Waals surface area (Å²) in [6, 6.07) is 0.212. The van der Waals surface area contributed by atoms with Crippen LogP contribution in [0.1, 0.15) is 79.6 Å². The molecule has 2 amide bonds. The highest BCUT2D eigenvalue weighted by Gasteiger charge is 2.19. The summed E-state index contributed by atoms with van der Waals surface area (Å²) in [5, 5.41) is 0. The van der Waals surface area contributed by atoms with Crippen molar-refractivity contribution in [1.29, 1.82) is 0 Å². The van der Waals surface area contributed by atoms with Crippen LogP contribution >= 0.6 is 0 Å². The zero-order chi connectivity index (χ0) is 19.1. The van der Waals surface area contributed by atoms with E-state index in [2.05, 4.69) is 34.6 Å². The molecule has 0 N–H and O–H groups in total. The van der Waals surface area contributed by atoms with E-state index >= 15 is 0 Å². The standard InChI is InChI=1S/C20H40N2O3/c1-6-10-13-21(14-11-7-2)19(23)16-25-17-20(24)22(15-12-8-3)18(5)9-4/h18H,6-17H2,1-5H3. The molecule has 0 radical (unpaired) electrons. The summed E-state index contributed by atoms with van der Waals surface area (Å²) in [6.45, 7) is 12.8. The quantitative estimate of drug-likeness (QED) is 0.448. The van der Waals surface area contributed by atoms with Crippen molar-refractivity contribution in [2.45, 2.75) is 85.6 Å². The van der Waals surface area contributed by atoms with E-state index in [-0.39, 0.29) is 31.1 Å². The molecule has 0 fully saturated rings. The Morgan fingerprint density at radius 1 is 0.800 bits per heavy atom. The Hall–Kier alpha value is -1.10. The van der Waals surface area contributed by atoms with E-state index in [1.54, 1.807) is 0 Å². The topological polar surface area (TPSA) is 49.9 Å². The molecule has 0 aromatic rings. The number of amides is 2. The van der Waals surface area contributed by atoms with Gasteiger partial charge in [-0.05, 0) is 32.6 Å². The van der Waals surface area contributed by atoms with Crippen molar-refractivity contribution in [3.8, 4) is 0 Å². The van der Waals surface area contributed by atoms with Crippen LogP contribution in [-0.2, 0) is 14.3 Å². The summed E-state index contributed by atoms with van der Waals surface area (Å²) in [5.74, 6) is -0.0115. The molecular weight excluding hydrogens is 316 g/mol. The molecule has 0 rings (SSSR count). The summed E-state index contributed by atoms with van der Waals surface area (Å²) in [5.41, 5.74) is 0. The van der Waals surface area contributed by atoms with Crippen molar-refractivity contribution in [1.82, 2.24) is 9.80 Å². The Bertz CT molecular complexity index is 353. The third-order valence-electron chi connectivity index (χ3n) is 4.56. The monoisotopic (exact) mass is 356 g/mol. The maximum Gasteiger partial charge on any atom is 0.248 e. The van der Waals surface area contributed by atoms with Crippen LogP contribution < -0.4 is 0 Å². The Morgan fingerprint density at radius 2 is 1.28 bits per heavy atom. The van der Waals surface area contributed by atoms with Crippen molar-refractivity contribution in [3.05, 3.63) is 0 Å². The maximum atomic E-state index is 12.4. The van der Waals surface area contributed by atoms with E-state index in [1.165, 1.54) is 0 Å². The highest BCUT2D eigenvalue weighted by atomic mass is 16.5. The number of rotatable bonds is 15. The van der Waals surface area contributed by atoms with E-state index in [9.17, 15) is 9.59 Å². The Balaban J connectivity index is 4.41. The lowest BCUT2D eigenvalue weighted by Gasteiger charge is -2.28. The van der Waals surface area contributed by atoms with E-state index in [0.29, 0.717) is 0 Å². The third kappa shape index (κ3) is 10.5. The van der Waals surface area contributed by atoms with E-state index < -0.39 is 0 Å². The molecule has 5 nitrogen and oxygen atoms in total. The molecule has 5 heteroatoms. The maximum absolute atomic E-state index is 12.4. The number of carbonyl (C=O) groups is 2. The van der Waals surface area contributed by atoms with Gasteiger partial charge in [-0.2, -0.15) is 0 Å². The fourth-order valence-corrected chi connectivity index (χ4v) is 2.60. The third-order valence-corrected chi connectivity index (χ3v) is 4.56. The molecule has 25 heavy (non-hydrogen) atoms. The van der Waals surface area contributed by atoms with Gasteiger partial charge in [-0.15, -0.1) is 0 Å². The predicted octanol–water partition coefficient (Wildman–Crippen LogP) is 3.86. The fourth-order valence-electron chi connectivity index (χ4n) is 2.60. The summed E-state index contributed by atoms with van der Waals surface area (Å²) < 4.78 is 5.47. The predicted molar refractivity (Wildman–Crippen MR) is 104 cm³/mol. The Labute approximate surface area is 155 Å². The van der Waals surface area contributed by atoms with E-state index in [0.717, 1.165) is 64.6 Å². The zero-order valence-electron chi connectivity index (χ0n) is 17.2. The SMILES string of the molecule is CCCCN(CCCC)C(=O)COCC(=O)N(CCCC)C(C)CC. The lowest BCUT2D eigenvalue weighted by Crippen LogP contribution is -2.42. The molecule has 0 aliphatic rings. The van der Waals surface area contributed by atoms with E-state index in [4.69, 9.17) is 4.74 Å². The number of unbranched alkanes of at least 4 members (excludes halogenated alkanes) is 3. The van der Waals surface area contributed by atoms with Gasteiger partial charge in [0.25, 0.3) is 0 Å². The Morgan fingerprint density at radius 3 is 1.76 bits per heavy atom. The van der Waals surface area contributed by atoms with Gasteiger partial charge in [0.1, 0.15) is 13.2 Å². The number of carbonyl (C=O) groups excluding carboxylic acids is 2. The molecule has 0 aliphatic heterocycles. The van der Waals surface area contributed by atoms with Gasteiger partial charge in [-0.1, -0.05) is 47.0 Å². The second-order valence-electron chi connectivity index (χ2n) is 6.78. The van der Waals surface area contributed by atoms with Crippen molar-refractivity contribution in [3.63, 3.8) is 0 Å². The highest BCUT2D eigenvalue weighted by molar-refractivity contribution is 5.80. The molecule has 0 aromatic heterocycles. The van der Waals surface area contributed by atoms with Crippen LogP contribution in [0.4, 0.5) is 0 Å². The van der Waals surface area contributed by atoms with Gasteiger partial charge in [0.05, 0.1) is 0 Å². The van der Waals surface area contributed by atoms with Crippen LogP contribution in [0.25, 0.3) is 0 Å². The van der Waals surface area contributed by atoms with Crippen molar-refractivity contribution >= 4 is 11.8 Å². The smallest absolute Gasteiger partial charge is 0.248 e. The van der Waals surface area contributed by atoms with Gasteiger partial charge >= 0.3 is 0 Å². The first kappa shape index (κ1) is 23.9. The van der Waals surface area contributed by atoms with Crippen LogP contribution in [0.3, 0.4) is 0 Å². The molecule has 0 aromatic carbocycles. The molecule has 0 heterocycles. The first-order valence-electron chi connectivity index (χ1n) is 10.2. The molecule has 0 aliphatic carbocycles. The summed E-state index contributed by atoms with van der Waals surface area (Å²) in [6.07, 6.45) is 7.13. The molecule has 1 unspecified atom stereocenters. The lowest BCUT2D eigenvalue weighted by molar-refractivity contribution is -0.143. The normalized spacial score (nSPS) is 12.0. The minimum Gasteiger partial charge on any atom is -0.362 e. The van der Waals surface area contributed by atoms with Crippen LogP contribution in [0.15, 0.2) is 0 Å². The Kier molecular flexibility index (Phi) is 14.5. The molecule has 148 valence electrons. The zero-order valence-corrected chi connectivity index (χ0v) is 17.2. The van der Waals surface area contributed by atoms with Crippen molar-refractivity contribution < 1.29 is 14.3 Å². The van der Waals surface area contributed by atoms with E-state index in [1.807, 2.05) is 9.80 Å². The molecule has 0 bridgehead atoms. The first-order chi connectivity index (χ1) is 12.0. The number of nitrogens with zero attached hydrogens (tertiary/aromatic N) is 2. The number of hydrogen-bond acceptors (Lipinski definition) is 3. The number of ether oxygens (including phenoxy) is 1. The van der Waals surface area contributed by atoms with Gasteiger partial charge in [0.15, 0.2) is 0 Å². The average Bonchev–Trinajstić information content (AvgIpc) is 2.61. The lowest BCUT2D eigenvalue weighted by atomic mass is 10.2. The van der Waals surface area contributed by atoms with Gasteiger partial charge in [0, 0.05) is 25.7 Å². The first-order valence-corrected chi connectivity index (χ1v) is 10.2. The van der Waals surface area contributed by atoms with Crippen molar-refractivity contribution in [2.24, 2.45) is 0 Å². The minimum absolute atomic E-state index is 0.00128. The van der Waals surface area contributed by atoms with Crippen LogP contribution in [-0.4, -0.2) is 60.5 Å². The minimum atomic E-state index is -0.00994. The second kappa shape index (κ2) is 15.2. The van der Waals surface area contributed by atoms with Gasteiger partial charge < -0.3 is 14.5 Å². The molecule has 0 spiro atoms. The molecule has 1 atom stereocenters. The number of hydrogen-bond donors (Lipinski definition) is 0. The molecular formula is C20H40N2O3. The summed E-state index contributed by atoms with van der Waals surface area (Å²) >= 11 is 0. The average molecular weight is 357 g/mol. The summed E-state index contributed by atoms with van der Waals surface area (Å²) in [4.78, 5) is 28.5. The largest absolute Gasteiger partial charge is 0.362 e. The fraction of sp³-hybridized carbons (Fsp3) is 0.900. The highest BCUT2D eigenvalue weighted by Crippen LogP contribution is 2.07. The van der Waals surface area contributed by atoms with Crippen LogP contribution in [0.2, 0.25) is 0 Å². The van der Waals surface area contributed by atoms with Crippen molar-refractivity contribution in [2.75, 3.05) is 32.8 Å².